The van der Waals surface area contributed by atoms with Crippen LogP contribution < -0.4 is 4.72 Å². The lowest BCUT2D eigenvalue weighted by atomic mass is 10.5. The molecule has 2 rings (SSSR count). The zero-order valence-electron chi connectivity index (χ0n) is 8.95. The Hall–Kier alpha value is -1.52. The van der Waals surface area contributed by atoms with Gasteiger partial charge in [0.15, 0.2) is 15.0 Å². The molecule has 0 bridgehead atoms. The molecule has 0 atom stereocenters. The minimum absolute atomic E-state index is 0.192. The Bertz CT molecular complexity index is 688. The maximum atomic E-state index is 12.0. The minimum atomic E-state index is -3.96. The van der Waals surface area contributed by atoms with Crippen LogP contribution in [0.25, 0.3) is 0 Å². The molecule has 0 radical (unpaired) electrons. The van der Waals surface area contributed by atoms with Crippen molar-refractivity contribution in [1.29, 1.82) is 0 Å². The second-order valence-corrected chi connectivity index (χ2v) is 6.78. The molecule has 96 valence electrons. The lowest BCUT2D eigenvalue weighted by Gasteiger charge is -2.02. The third-order valence-corrected chi connectivity index (χ3v) is 5.54. The summed E-state index contributed by atoms with van der Waals surface area (Å²) in [5.74, 6) is -1.38. The highest BCUT2D eigenvalue weighted by Gasteiger charge is 2.26. The molecule has 2 N–H and O–H groups in total. The largest absolute Gasteiger partial charge is 0.476 e. The summed E-state index contributed by atoms with van der Waals surface area (Å²) in [7, 11) is -3.96. The number of anilines is 1. The number of nitrogens with zero attached hydrogens (tertiary/aromatic N) is 2. The number of rotatable bonds is 4. The molecular formula is C8H7N3O4S3. The fourth-order valence-corrected chi connectivity index (χ4v) is 4.21. The molecule has 0 amide bonds. The van der Waals surface area contributed by atoms with Gasteiger partial charge in [-0.25, -0.2) is 23.2 Å². The Morgan fingerprint density at radius 3 is 2.72 bits per heavy atom. The lowest BCUT2D eigenvalue weighted by molar-refractivity contribution is 0.0687. The van der Waals surface area contributed by atoms with E-state index < -0.39 is 21.7 Å². The molecule has 7 nitrogen and oxygen atoms in total. The van der Waals surface area contributed by atoms with Crippen LogP contribution in [0.1, 0.15) is 16.2 Å². The molecular weight excluding hydrogens is 298 g/mol. The van der Waals surface area contributed by atoms with Crippen LogP contribution in [-0.2, 0) is 10.0 Å². The van der Waals surface area contributed by atoms with Gasteiger partial charge in [0.1, 0.15) is 0 Å². The normalized spacial score (nSPS) is 11.4. The fourth-order valence-electron chi connectivity index (χ4n) is 1.13. The van der Waals surface area contributed by atoms with E-state index in [-0.39, 0.29) is 9.34 Å². The Kier molecular flexibility index (Phi) is 3.32. The van der Waals surface area contributed by atoms with Gasteiger partial charge >= 0.3 is 5.97 Å². The first-order chi connectivity index (χ1) is 8.40. The maximum Gasteiger partial charge on any atom is 0.356 e. The van der Waals surface area contributed by atoms with Crippen LogP contribution in [0.3, 0.4) is 0 Å². The number of nitrogens with one attached hydrogen (secondary N) is 1. The van der Waals surface area contributed by atoms with Crippen LogP contribution in [-0.4, -0.2) is 29.5 Å². The molecule has 10 heteroatoms. The van der Waals surface area contributed by atoms with Crippen LogP contribution in [0, 0.1) is 6.92 Å². The van der Waals surface area contributed by atoms with E-state index in [1.165, 1.54) is 5.51 Å². The predicted octanol–water partition coefficient (Wildman–Crippen LogP) is 1.41. The van der Waals surface area contributed by atoms with Crippen molar-refractivity contribution in [1.82, 2.24) is 9.97 Å². The van der Waals surface area contributed by atoms with Gasteiger partial charge in [-0.2, -0.15) is 0 Å². The zero-order chi connectivity index (χ0) is 13.3. The second-order valence-electron chi connectivity index (χ2n) is 3.19. The van der Waals surface area contributed by atoms with Crippen LogP contribution in [0.2, 0.25) is 0 Å². The van der Waals surface area contributed by atoms with E-state index in [0.717, 1.165) is 22.7 Å². The lowest BCUT2D eigenvalue weighted by Crippen LogP contribution is -2.15. The van der Waals surface area contributed by atoms with Gasteiger partial charge in [-0.05, 0) is 6.92 Å². The van der Waals surface area contributed by atoms with Gasteiger partial charge in [0.05, 0.1) is 11.2 Å². The maximum absolute atomic E-state index is 12.0. The highest BCUT2D eigenvalue weighted by atomic mass is 32.2. The van der Waals surface area contributed by atoms with E-state index in [9.17, 15) is 13.2 Å². The number of aromatic carboxylic acids is 1. The number of aryl methyl sites for hydroxylation is 1. The second kappa shape index (κ2) is 4.63. The highest BCUT2D eigenvalue weighted by molar-refractivity contribution is 7.94. The number of hydrogen-bond acceptors (Lipinski definition) is 7. The summed E-state index contributed by atoms with van der Waals surface area (Å²) in [4.78, 5) is 18.3. The number of carboxylic acids is 1. The first kappa shape index (κ1) is 12.9. The SMILES string of the molecule is Cc1csc(NS(=O)(=O)c2scnc2C(=O)O)n1. The van der Waals surface area contributed by atoms with Crippen molar-refractivity contribution in [2.24, 2.45) is 0 Å². The molecule has 18 heavy (non-hydrogen) atoms. The number of thiazole rings is 2. The van der Waals surface area contributed by atoms with Gasteiger partial charge in [-0.15, -0.1) is 22.7 Å². The Labute approximate surface area is 110 Å². The third-order valence-electron chi connectivity index (χ3n) is 1.82. The van der Waals surface area contributed by atoms with E-state index in [1.54, 1.807) is 12.3 Å². The van der Waals surface area contributed by atoms with Crippen LogP contribution in [0.15, 0.2) is 15.1 Å². The molecule has 0 aliphatic rings. The highest BCUT2D eigenvalue weighted by Crippen LogP contribution is 2.24. The molecule has 0 spiro atoms. The smallest absolute Gasteiger partial charge is 0.356 e. The van der Waals surface area contributed by atoms with Crippen LogP contribution in [0.5, 0.6) is 0 Å². The molecule has 0 fully saturated rings. The summed E-state index contributed by atoms with van der Waals surface area (Å²) in [6.45, 7) is 1.73. The summed E-state index contributed by atoms with van der Waals surface area (Å²) in [5, 5.41) is 10.7. The topological polar surface area (TPSA) is 109 Å². The van der Waals surface area contributed by atoms with Crippen molar-refractivity contribution in [3.63, 3.8) is 0 Å². The Balaban J connectivity index is 2.37. The standard InChI is InChI=1S/C8H7N3O4S3/c1-4-2-16-8(10-4)11-18(14,15)7-5(6(12)13)9-3-17-7/h2-3H,1H3,(H,10,11)(H,12,13). The number of hydrogen-bond donors (Lipinski definition) is 2. The van der Waals surface area contributed by atoms with Gasteiger partial charge in [0.2, 0.25) is 0 Å². The summed E-state index contributed by atoms with van der Waals surface area (Å²) >= 11 is 1.87. The van der Waals surface area contributed by atoms with Gasteiger partial charge < -0.3 is 5.11 Å². The molecule has 0 saturated heterocycles. The van der Waals surface area contributed by atoms with E-state index >= 15 is 0 Å². The minimum Gasteiger partial charge on any atom is -0.476 e. The van der Waals surface area contributed by atoms with Gasteiger partial charge in [0, 0.05) is 5.38 Å². The number of aromatic nitrogens is 2. The average molecular weight is 305 g/mol. The Morgan fingerprint density at radius 1 is 1.44 bits per heavy atom. The van der Waals surface area contributed by atoms with Crippen LogP contribution in [0.4, 0.5) is 5.13 Å². The fraction of sp³-hybridized carbons (Fsp3) is 0.125. The van der Waals surface area contributed by atoms with Crippen LogP contribution >= 0.6 is 22.7 Å². The van der Waals surface area contributed by atoms with Crippen molar-refractivity contribution in [3.8, 4) is 0 Å². The summed E-state index contributed by atoms with van der Waals surface area (Å²) < 4.78 is 25.8. The third kappa shape index (κ3) is 2.49. The summed E-state index contributed by atoms with van der Waals surface area (Å²) in [5.41, 5.74) is 1.37. The molecule has 0 saturated carbocycles. The molecule has 2 aromatic rings. The number of carboxylic acid groups (broad SMARTS) is 1. The van der Waals surface area contributed by atoms with Crippen molar-refractivity contribution < 1.29 is 18.3 Å². The van der Waals surface area contributed by atoms with Crippen molar-refractivity contribution in [2.75, 3.05) is 4.72 Å². The molecule has 0 unspecified atom stereocenters. The van der Waals surface area contributed by atoms with Crippen molar-refractivity contribution in [3.05, 3.63) is 22.3 Å². The predicted molar refractivity (Wildman–Crippen MR) is 66.7 cm³/mol. The molecule has 0 aliphatic heterocycles. The quantitative estimate of drug-likeness (QED) is 0.883. The molecule has 2 aromatic heterocycles. The van der Waals surface area contributed by atoms with E-state index in [2.05, 4.69) is 14.7 Å². The van der Waals surface area contributed by atoms with Crippen molar-refractivity contribution >= 4 is 43.8 Å². The van der Waals surface area contributed by atoms with E-state index in [0.29, 0.717) is 5.69 Å². The van der Waals surface area contributed by atoms with Gasteiger partial charge in [0.25, 0.3) is 10.0 Å². The molecule has 2 heterocycles. The van der Waals surface area contributed by atoms with E-state index in [4.69, 9.17) is 5.11 Å². The first-order valence-corrected chi connectivity index (χ1v) is 7.76. The number of carbonyl (C=O) groups is 1. The zero-order valence-corrected chi connectivity index (χ0v) is 11.4. The first-order valence-electron chi connectivity index (χ1n) is 4.52. The summed E-state index contributed by atoms with van der Waals surface area (Å²) in [6.07, 6.45) is 0. The van der Waals surface area contributed by atoms with Crippen molar-refractivity contribution in [2.45, 2.75) is 11.1 Å². The van der Waals surface area contributed by atoms with E-state index in [1.807, 2.05) is 0 Å². The molecule has 0 aromatic carbocycles. The van der Waals surface area contributed by atoms with Gasteiger partial charge in [-0.3, -0.25) is 4.72 Å². The molecule has 0 aliphatic carbocycles. The van der Waals surface area contributed by atoms with Gasteiger partial charge in [-0.1, -0.05) is 0 Å². The summed E-state index contributed by atoms with van der Waals surface area (Å²) in [6, 6.07) is 0. The monoisotopic (exact) mass is 305 g/mol. The number of sulfonamides is 1. The Morgan fingerprint density at radius 2 is 2.17 bits per heavy atom. The average Bonchev–Trinajstić information content (AvgIpc) is 2.86.